The summed E-state index contributed by atoms with van der Waals surface area (Å²) in [7, 11) is 0. The van der Waals surface area contributed by atoms with E-state index in [4.69, 9.17) is 0 Å². The number of anilines is 1. The Morgan fingerprint density at radius 2 is 0.904 bits per heavy atom. The lowest BCUT2D eigenvalue weighted by molar-refractivity contribution is -0.115. The second-order valence-corrected chi connectivity index (χ2v) is 15.0. The minimum Gasteiger partial charge on any atom is -0.346 e. The molecule has 0 saturated heterocycles. The maximum absolute atomic E-state index is 10.8. The number of H-pyrrole nitrogens is 2. The molecule has 0 spiro atoms. The lowest BCUT2D eigenvalue weighted by Crippen LogP contribution is -2.03. The highest BCUT2D eigenvalue weighted by molar-refractivity contribution is 5.99. The summed E-state index contributed by atoms with van der Waals surface area (Å²) in [6.07, 6.45) is 14.2. The predicted molar refractivity (Wildman–Crippen MR) is 315 cm³/mol. The number of rotatable bonds is 0. The minimum absolute atomic E-state index is 0. The van der Waals surface area contributed by atoms with Crippen LogP contribution in [0.4, 0.5) is 11.4 Å². The molecule has 2 aliphatic rings. The summed E-state index contributed by atoms with van der Waals surface area (Å²) >= 11 is 0. The number of nitrogens with one attached hydrogen (secondary N) is 3. The van der Waals surface area contributed by atoms with Gasteiger partial charge in [0.25, 0.3) is 0 Å². The molecular weight excluding hydrogens is 899 g/mol. The van der Waals surface area contributed by atoms with Crippen LogP contribution in [0.1, 0.15) is 55.7 Å². The number of amides is 1. The molecule has 0 bridgehead atoms. The highest BCUT2D eigenvalue weighted by atomic mass is 16.1. The van der Waals surface area contributed by atoms with Gasteiger partial charge in [0.15, 0.2) is 0 Å². The monoisotopic (exact) mass is 970 g/mol. The van der Waals surface area contributed by atoms with Gasteiger partial charge in [-0.05, 0) is 82.6 Å². The van der Waals surface area contributed by atoms with Gasteiger partial charge in [-0.3, -0.25) is 29.8 Å². The molecule has 0 atom stereocenters. The van der Waals surface area contributed by atoms with Gasteiger partial charge in [-0.15, -0.1) is 0 Å². The van der Waals surface area contributed by atoms with Crippen molar-refractivity contribution < 1.29 is 4.79 Å². The second kappa shape index (κ2) is 31.9. The zero-order valence-corrected chi connectivity index (χ0v) is 36.6. The molecule has 7 aromatic carbocycles. The van der Waals surface area contributed by atoms with Crippen molar-refractivity contribution in [1.82, 2.24) is 35.1 Å². The van der Waals surface area contributed by atoms with Gasteiger partial charge in [-0.25, -0.2) is 4.98 Å². The number of benzene rings is 7. The number of carbonyl (C=O) groups is 1. The Kier molecular flexibility index (Phi) is 26.2. The number of hydrogen-bond acceptors (Lipinski definition) is 7. The summed E-state index contributed by atoms with van der Waals surface area (Å²) in [5, 5.41) is 15.7. The maximum Gasteiger partial charge on any atom is 0.228 e. The van der Waals surface area contributed by atoms with Gasteiger partial charge >= 0.3 is 0 Å². The van der Waals surface area contributed by atoms with E-state index in [2.05, 4.69) is 112 Å². The molecule has 7 heterocycles. The average Bonchev–Trinajstić information content (AvgIpc) is 4.25. The van der Waals surface area contributed by atoms with Crippen molar-refractivity contribution in [1.29, 1.82) is 0 Å². The number of pyridine rings is 2. The van der Waals surface area contributed by atoms with E-state index in [0.717, 1.165) is 61.8 Å². The number of carbonyl (C=O) groups excluding carboxylic acids is 1. The minimum atomic E-state index is 0. The summed E-state index contributed by atoms with van der Waals surface area (Å²) in [5.41, 5.74) is 9.56. The van der Waals surface area contributed by atoms with Crippen LogP contribution in [0.2, 0.25) is 0 Å². The molecule has 0 radical (unpaired) electrons. The summed E-state index contributed by atoms with van der Waals surface area (Å²) in [5.74, 6) is 0.0983. The molecule has 0 aliphatic carbocycles. The molecule has 374 valence electrons. The summed E-state index contributed by atoms with van der Waals surface area (Å²) in [6, 6.07) is 66.5. The number of nitrogens with zero attached hydrogens (tertiary/aromatic N) is 6. The van der Waals surface area contributed by atoms with Gasteiger partial charge < -0.3 is 10.3 Å². The largest absolute Gasteiger partial charge is 0.346 e. The second-order valence-electron chi connectivity index (χ2n) is 15.0. The number of aliphatic imine (C=N–C) groups is 1. The lowest BCUT2D eigenvalue weighted by Gasteiger charge is -1.93. The van der Waals surface area contributed by atoms with Crippen molar-refractivity contribution in [2.75, 3.05) is 5.32 Å². The fourth-order valence-electron chi connectivity index (χ4n) is 7.04. The Bertz CT molecular complexity index is 2950. The molecule has 2 aliphatic heterocycles. The molecule has 0 saturated carbocycles. The van der Waals surface area contributed by atoms with Gasteiger partial charge in [0.2, 0.25) is 5.91 Å². The Morgan fingerprint density at radius 1 is 0.411 bits per heavy atom. The first-order chi connectivity index (χ1) is 33.2. The summed E-state index contributed by atoms with van der Waals surface area (Å²) in [6.45, 7) is 0. The van der Waals surface area contributed by atoms with Gasteiger partial charge in [-0.2, -0.15) is 5.10 Å². The molecule has 0 fully saturated rings. The SMILES string of the molecule is C.C.C.C.C.C.C1=Nc2ccccc2C1.O=C1Cc2ccccc2N1.c1ccc2[nH]ncc2c1.c1ccc2ccccc2c1.c1ccc2ncccc2c1.c1ccc2nccnc2c1.c1cnc2[nH]ccc2c1. The van der Waals surface area contributed by atoms with Crippen LogP contribution in [0.5, 0.6) is 0 Å². The van der Waals surface area contributed by atoms with Gasteiger partial charge in [-0.1, -0.05) is 184 Å². The Labute approximate surface area is 432 Å². The van der Waals surface area contributed by atoms with Crippen LogP contribution in [0.25, 0.3) is 54.6 Å². The first-order valence-corrected chi connectivity index (χ1v) is 21.8. The molecule has 3 N–H and O–H groups in total. The normalized spacial score (nSPS) is 10.3. The van der Waals surface area contributed by atoms with E-state index in [-0.39, 0.29) is 50.5 Å². The van der Waals surface area contributed by atoms with E-state index in [0.29, 0.717) is 6.42 Å². The molecule has 5 aromatic heterocycles. The van der Waals surface area contributed by atoms with Crippen LogP contribution in [0, 0.1) is 0 Å². The zero-order chi connectivity index (χ0) is 45.7. The van der Waals surface area contributed by atoms with Gasteiger partial charge in [0.1, 0.15) is 5.65 Å². The summed E-state index contributed by atoms with van der Waals surface area (Å²) in [4.78, 5) is 34.5. The van der Waals surface area contributed by atoms with Crippen molar-refractivity contribution in [2.45, 2.75) is 57.4 Å². The molecule has 10 nitrogen and oxygen atoms in total. The van der Waals surface area contributed by atoms with Crippen molar-refractivity contribution >= 4 is 78.1 Å². The van der Waals surface area contributed by atoms with E-state index in [1.54, 1.807) is 18.6 Å². The fraction of sp³-hybridized carbons (Fsp3) is 0.127. The number of hydrogen-bond donors (Lipinski definition) is 3. The molecule has 14 rings (SSSR count). The fourth-order valence-corrected chi connectivity index (χ4v) is 7.04. The van der Waals surface area contributed by atoms with E-state index >= 15 is 0 Å². The lowest BCUT2D eigenvalue weighted by atomic mass is 10.1. The van der Waals surface area contributed by atoms with E-state index in [1.165, 1.54) is 21.7 Å². The molecule has 0 unspecified atom stereocenters. The van der Waals surface area contributed by atoms with Crippen LogP contribution in [-0.2, 0) is 17.6 Å². The van der Waals surface area contributed by atoms with Crippen LogP contribution in [-0.4, -0.2) is 47.2 Å². The van der Waals surface area contributed by atoms with E-state index in [1.807, 2.05) is 158 Å². The molecule has 12 aromatic rings. The highest BCUT2D eigenvalue weighted by Gasteiger charge is 2.15. The predicted octanol–water partition coefficient (Wildman–Crippen LogP) is 16.8. The van der Waals surface area contributed by atoms with Crippen molar-refractivity contribution in [3.63, 3.8) is 0 Å². The number of fused-ring (bicyclic) bond motifs is 7. The Morgan fingerprint density at radius 3 is 1.51 bits per heavy atom. The first kappa shape index (κ1) is 60.0. The molecule has 1 amide bonds. The molecule has 73 heavy (non-hydrogen) atoms. The van der Waals surface area contributed by atoms with Crippen LogP contribution < -0.4 is 5.32 Å². The smallest absolute Gasteiger partial charge is 0.228 e. The Hall–Kier alpha value is -9.15. The van der Waals surface area contributed by atoms with E-state index < -0.39 is 0 Å². The maximum atomic E-state index is 10.8. The highest BCUT2D eigenvalue weighted by Crippen LogP contribution is 2.23. The van der Waals surface area contributed by atoms with Gasteiger partial charge in [0, 0.05) is 65.5 Å². The molecular formula is C63H71N9O. The van der Waals surface area contributed by atoms with Crippen LogP contribution >= 0.6 is 0 Å². The topological polar surface area (TPSA) is 137 Å². The first-order valence-electron chi connectivity index (χ1n) is 21.8. The number of aromatic nitrogens is 7. The van der Waals surface area contributed by atoms with Crippen molar-refractivity contribution in [3.8, 4) is 0 Å². The average molecular weight is 970 g/mol. The van der Waals surface area contributed by atoms with Crippen molar-refractivity contribution in [2.24, 2.45) is 4.99 Å². The van der Waals surface area contributed by atoms with E-state index in [9.17, 15) is 4.79 Å². The van der Waals surface area contributed by atoms with Crippen molar-refractivity contribution in [3.05, 3.63) is 248 Å². The summed E-state index contributed by atoms with van der Waals surface area (Å²) < 4.78 is 0. The van der Waals surface area contributed by atoms with Gasteiger partial charge in [0.05, 0.1) is 40.4 Å². The third-order valence-electron chi connectivity index (χ3n) is 10.4. The van der Waals surface area contributed by atoms with Crippen LogP contribution in [0.15, 0.2) is 242 Å². The standard InChI is InChI=1S/C10H8.C9H7N.C8H6N2.C8H7NO.C8H7N.2C7H6N2.6CH4/c1-2-6-10-8-4-3-7-9(10)5-1;1-2-6-9-8(4-1)5-3-7-10-9;1-2-4-8-7(3-1)9-5-6-10-8;10-8-5-6-3-1-2-4-7(6)9-8;1-2-4-8-7(3-1)5-6-9-8;1-2-6-3-5-9-7(6)8-4-1;1-2-4-7-6(3-1)5-8-9-7;;;;;;/h1-8H;1-7H;1-6H;1-4H,5H2,(H,9,10);1-4,6H,5H2;2*1-5H,(H,8,9);6*1H4. The number of para-hydroxylation sites is 6. The quantitative estimate of drug-likeness (QED) is 0.138. The van der Waals surface area contributed by atoms with Crippen LogP contribution in [0.3, 0.4) is 0 Å². The Balaban J connectivity index is 0.000000288. The third kappa shape index (κ3) is 17.6. The third-order valence-corrected chi connectivity index (χ3v) is 10.4. The number of aromatic amines is 2. The zero-order valence-electron chi connectivity index (χ0n) is 36.6. The molecule has 10 heteroatoms.